The van der Waals surface area contributed by atoms with Crippen molar-refractivity contribution in [1.82, 2.24) is 15.2 Å². The first-order valence-corrected chi connectivity index (χ1v) is 15.0. The number of carbonyl (C=O) groups excluding carboxylic acids is 2. The zero-order chi connectivity index (χ0) is 29.0. The maximum absolute atomic E-state index is 13.3. The molecule has 0 saturated carbocycles. The molecule has 2 amide bonds. The highest BCUT2D eigenvalue weighted by Gasteiger charge is 2.20. The molecule has 2 heterocycles. The van der Waals surface area contributed by atoms with Crippen molar-refractivity contribution in [2.75, 3.05) is 24.5 Å². The molecule has 1 N–H and O–H groups in total. The third kappa shape index (κ3) is 9.42. The fourth-order valence-corrected chi connectivity index (χ4v) is 5.15. The lowest BCUT2D eigenvalue weighted by atomic mass is 10.0. The van der Waals surface area contributed by atoms with Gasteiger partial charge in [0.1, 0.15) is 11.5 Å². The summed E-state index contributed by atoms with van der Waals surface area (Å²) < 4.78 is 5.81. The van der Waals surface area contributed by atoms with Crippen molar-refractivity contribution in [3.8, 4) is 11.5 Å². The highest BCUT2D eigenvalue weighted by atomic mass is 16.5. The molecule has 2 aromatic carbocycles. The van der Waals surface area contributed by atoms with Gasteiger partial charge < -0.3 is 15.0 Å². The van der Waals surface area contributed by atoms with E-state index in [0.29, 0.717) is 36.1 Å². The summed E-state index contributed by atoms with van der Waals surface area (Å²) in [7, 11) is 0. The average Bonchev–Trinajstić information content (AvgIpc) is 2.96. The predicted octanol–water partition coefficient (Wildman–Crippen LogP) is 6.97. The third-order valence-corrected chi connectivity index (χ3v) is 7.53. The van der Waals surface area contributed by atoms with Crippen molar-refractivity contribution >= 4 is 17.5 Å². The molecule has 4 rings (SSSR count). The number of fused-ring (bicyclic) bond motifs is 1. The molecular formula is C34H44N4O3. The van der Waals surface area contributed by atoms with Crippen molar-refractivity contribution in [2.24, 2.45) is 5.92 Å². The molecule has 41 heavy (non-hydrogen) atoms. The Morgan fingerprint density at radius 2 is 1.71 bits per heavy atom. The van der Waals surface area contributed by atoms with Gasteiger partial charge in [0, 0.05) is 44.0 Å². The van der Waals surface area contributed by atoms with E-state index in [1.54, 1.807) is 19.3 Å². The molecule has 0 saturated heterocycles. The molecule has 1 aromatic heterocycles. The van der Waals surface area contributed by atoms with Crippen molar-refractivity contribution in [3.05, 3.63) is 83.7 Å². The predicted molar refractivity (Wildman–Crippen MR) is 164 cm³/mol. The maximum Gasteiger partial charge on any atom is 0.251 e. The van der Waals surface area contributed by atoms with E-state index in [0.717, 1.165) is 55.7 Å². The van der Waals surface area contributed by atoms with Crippen LogP contribution in [0.4, 0.5) is 5.69 Å². The molecule has 0 aliphatic carbocycles. The van der Waals surface area contributed by atoms with Gasteiger partial charge in [-0.2, -0.15) is 0 Å². The van der Waals surface area contributed by atoms with E-state index in [1.165, 1.54) is 19.3 Å². The first kappa shape index (κ1) is 30.3. The Morgan fingerprint density at radius 3 is 2.41 bits per heavy atom. The lowest BCUT2D eigenvalue weighted by molar-refractivity contribution is -0.116. The third-order valence-electron chi connectivity index (χ3n) is 7.53. The largest absolute Gasteiger partial charge is 0.456 e. The Kier molecular flexibility index (Phi) is 11.3. The number of anilines is 1. The number of amides is 2. The first-order chi connectivity index (χ1) is 19.9. The lowest BCUT2D eigenvalue weighted by Crippen LogP contribution is -2.33. The van der Waals surface area contributed by atoms with E-state index in [1.807, 2.05) is 59.5 Å². The molecule has 7 heteroatoms. The quantitative estimate of drug-likeness (QED) is 0.324. The number of hydrogen-bond acceptors (Lipinski definition) is 5. The summed E-state index contributed by atoms with van der Waals surface area (Å²) in [5.74, 6) is 1.93. The van der Waals surface area contributed by atoms with E-state index in [9.17, 15) is 9.59 Å². The molecule has 1 aliphatic rings. The number of nitrogens with zero attached hydrogens (tertiary/aromatic N) is 3. The zero-order valence-corrected chi connectivity index (χ0v) is 24.8. The maximum atomic E-state index is 13.3. The molecule has 0 bridgehead atoms. The van der Waals surface area contributed by atoms with Crippen LogP contribution in [0.25, 0.3) is 0 Å². The number of hydrogen-bond donors (Lipinski definition) is 1. The number of aromatic nitrogens is 1. The van der Waals surface area contributed by atoms with Crippen LogP contribution in [0.2, 0.25) is 0 Å². The second-order valence-corrected chi connectivity index (χ2v) is 11.4. The van der Waals surface area contributed by atoms with Crippen molar-refractivity contribution in [3.63, 3.8) is 0 Å². The van der Waals surface area contributed by atoms with Crippen LogP contribution in [0.5, 0.6) is 11.5 Å². The molecule has 218 valence electrons. The number of rotatable bonds is 8. The van der Waals surface area contributed by atoms with Crippen LogP contribution in [-0.2, 0) is 17.9 Å². The van der Waals surface area contributed by atoms with E-state index < -0.39 is 0 Å². The summed E-state index contributed by atoms with van der Waals surface area (Å²) in [6, 6.07) is 17.1. The first-order valence-electron chi connectivity index (χ1n) is 15.0. The molecule has 0 spiro atoms. The van der Waals surface area contributed by atoms with Gasteiger partial charge in [0.25, 0.3) is 5.91 Å². The summed E-state index contributed by atoms with van der Waals surface area (Å²) >= 11 is 0. The molecular weight excluding hydrogens is 512 g/mol. The Morgan fingerprint density at radius 1 is 0.951 bits per heavy atom. The van der Waals surface area contributed by atoms with Crippen LogP contribution in [0.15, 0.2) is 67.0 Å². The van der Waals surface area contributed by atoms with Crippen LogP contribution >= 0.6 is 0 Å². The minimum atomic E-state index is -0.127. The molecule has 0 radical (unpaired) electrons. The second kappa shape index (κ2) is 15.3. The number of pyridine rings is 1. The Hall–Kier alpha value is -3.71. The van der Waals surface area contributed by atoms with Gasteiger partial charge in [-0.05, 0) is 91.9 Å². The Balaban J connectivity index is 1.48. The topological polar surface area (TPSA) is 74.8 Å². The summed E-state index contributed by atoms with van der Waals surface area (Å²) in [5.41, 5.74) is 3.55. The monoisotopic (exact) mass is 556 g/mol. The zero-order valence-electron chi connectivity index (χ0n) is 24.8. The summed E-state index contributed by atoms with van der Waals surface area (Å²) in [5, 5.41) is 3.06. The number of benzene rings is 2. The highest BCUT2D eigenvalue weighted by molar-refractivity contribution is 5.97. The molecule has 0 fully saturated rings. The molecule has 1 aliphatic heterocycles. The van der Waals surface area contributed by atoms with E-state index >= 15 is 0 Å². The van der Waals surface area contributed by atoms with Crippen LogP contribution < -0.4 is 15.0 Å². The van der Waals surface area contributed by atoms with E-state index in [4.69, 9.17) is 4.74 Å². The van der Waals surface area contributed by atoms with E-state index in [2.05, 4.69) is 29.0 Å². The smallest absolute Gasteiger partial charge is 0.251 e. The van der Waals surface area contributed by atoms with Gasteiger partial charge in [0.15, 0.2) is 0 Å². The highest BCUT2D eigenvalue weighted by Crippen LogP contribution is 2.27. The average molecular weight is 557 g/mol. The van der Waals surface area contributed by atoms with Crippen molar-refractivity contribution in [2.45, 2.75) is 72.4 Å². The van der Waals surface area contributed by atoms with Crippen LogP contribution in [0.3, 0.4) is 0 Å². The number of carbonyl (C=O) groups is 2. The Labute approximate surface area is 244 Å². The van der Waals surface area contributed by atoms with Gasteiger partial charge in [-0.15, -0.1) is 0 Å². The van der Waals surface area contributed by atoms with Gasteiger partial charge in [0.05, 0.1) is 6.20 Å². The van der Waals surface area contributed by atoms with Crippen LogP contribution in [0.1, 0.15) is 80.8 Å². The van der Waals surface area contributed by atoms with Gasteiger partial charge in [-0.25, -0.2) is 0 Å². The molecule has 3 aromatic rings. The fraction of sp³-hybridized carbons (Fsp3) is 0.441. The van der Waals surface area contributed by atoms with Crippen molar-refractivity contribution < 1.29 is 14.3 Å². The minimum absolute atomic E-state index is 0.0465. The minimum Gasteiger partial charge on any atom is -0.456 e. The second-order valence-electron chi connectivity index (χ2n) is 11.4. The molecule has 7 nitrogen and oxygen atoms in total. The summed E-state index contributed by atoms with van der Waals surface area (Å²) in [6.45, 7) is 10.0. The molecule has 0 unspecified atom stereocenters. The van der Waals surface area contributed by atoms with Gasteiger partial charge >= 0.3 is 0 Å². The lowest BCUT2D eigenvalue weighted by Gasteiger charge is -2.29. The normalized spacial score (nSPS) is 15.0. The van der Waals surface area contributed by atoms with E-state index in [-0.39, 0.29) is 11.8 Å². The number of ether oxygens (including phenoxy) is 1. The summed E-state index contributed by atoms with van der Waals surface area (Å²) in [6.07, 6.45) is 10.2. The fourth-order valence-electron chi connectivity index (χ4n) is 5.15. The van der Waals surface area contributed by atoms with Gasteiger partial charge in [0.2, 0.25) is 5.91 Å². The number of nitrogens with one attached hydrogen (secondary N) is 1. The molecule has 0 atom stereocenters. The van der Waals surface area contributed by atoms with Gasteiger partial charge in [-0.1, -0.05) is 45.2 Å². The van der Waals surface area contributed by atoms with Gasteiger partial charge in [-0.3, -0.25) is 19.5 Å². The summed E-state index contributed by atoms with van der Waals surface area (Å²) in [4.78, 5) is 34.4. The van der Waals surface area contributed by atoms with Crippen molar-refractivity contribution in [1.29, 1.82) is 0 Å². The Bertz CT molecular complexity index is 1260. The SMILES string of the molecule is CC(=O)N1CCCCCCCN(CCC(C)C)Cc2cc(C(=O)NCc3ccc(Oc4cccnc4)cc3)ccc21. The van der Waals surface area contributed by atoms with Crippen LogP contribution in [-0.4, -0.2) is 41.3 Å². The van der Waals surface area contributed by atoms with Crippen LogP contribution in [0, 0.1) is 5.92 Å². The standard InChI is InChI=1S/C34H44N4O3/c1-26(2)17-21-37-19-7-5-4-6-8-20-38(27(3)39)33-16-13-29(22-30(33)25-37)34(40)36-23-28-11-14-31(15-12-28)41-32-10-9-18-35-24-32/h9-16,18,22,24,26H,4-8,17,19-21,23,25H2,1-3H3,(H,36,40).